The van der Waals surface area contributed by atoms with Crippen LogP contribution in [0.2, 0.25) is 0 Å². The van der Waals surface area contributed by atoms with E-state index in [4.69, 9.17) is 10.00 Å². The van der Waals surface area contributed by atoms with Crippen molar-refractivity contribution >= 4 is 29.1 Å². The van der Waals surface area contributed by atoms with Gasteiger partial charge in [0.2, 0.25) is 6.23 Å². The van der Waals surface area contributed by atoms with Crippen LogP contribution in [0.25, 0.3) is 0 Å². The maximum atomic E-state index is 13.6. The number of nitrogens with one attached hydrogen (secondary N) is 2. The molecule has 0 radical (unpaired) electrons. The Morgan fingerprint density at radius 1 is 1.06 bits per heavy atom. The number of amides is 2. The Balaban J connectivity index is 1.81. The summed E-state index contributed by atoms with van der Waals surface area (Å²) in [7, 11) is 1.16. The highest BCUT2D eigenvalue weighted by Crippen LogP contribution is 2.39. The zero-order chi connectivity index (χ0) is 26.0. The van der Waals surface area contributed by atoms with E-state index in [0.717, 1.165) is 19.2 Å². The lowest BCUT2D eigenvalue weighted by Gasteiger charge is -2.27. The highest BCUT2D eigenvalue weighted by Gasteiger charge is 2.52. The summed E-state index contributed by atoms with van der Waals surface area (Å²) >= 11 is 0. The van der Waals surface area contributed by atoms with E-state index in [1.165, 1.54) is 30.3 Å². The van der Waals surface area contributed by atoms with E-state index in [0.29, 0.717) is 16.7 Å². The Morgan fingerprint density at radius 2 is 1.66 bits per heavy atom. The number of anilines is 3. The number of carbonyl (C=O) groups excluding carboxylic acids is 2. The third kappa shape index (κ3) is 5.93. The highest BCUT2D eigenvalue weighted by atomic mass is 19.4. The van der Waals surface area contributed by atoms with Gasteiger partial charge in [0.1, 0.15) is 0 Å². The fraction of sp³-hybridized carbons (Fsp3) is 0.286. The summed E-state index contributed by atoms with van der Waals surface area (Å²) in [6.07, 6.45) is -15.1. The van der Waals surface area contributed by atoms with Crippen molar-refractivity contribution in [3.05, 3.63) is 53.6 Å². The number of rotatable bonds is 4. The number of hydrogen-bond acceptors (Lipinski definition) is 6. The maximum absolute atomic E-state index is 13.6. The highest BCUT2D eigenvalue weighted by molar-refractivity contribution is 5.95. The molecule has 0 aromatic heterocycles. The van der Waals surface area contributed by atoms with Gasteiger partial charge in [-0.3, -0.25) is 10.1 Å². The second-order valence-electron chi connectivity index (χ2n) is 7.19. The van der Waals surface area contributed by atoms with Crippen LogP contribution in [0.15, 0.2) is 42.5 Å². The summed E-state index contributed by atoms with van der Waals surface area (Å²) < 4.78 is 89.9. The Bertz CT molecular complexity index is 1140. The molecule has 0 bridgehead atoms. The van der Waals surface area contributed by atoms with E-state index in [2.05, 4.69) is 15.4 Å². The molecule has 1 fully saturated rings. The van der Waals surface area contributed by atoms with Crippen molar-refractivity contribution in [2.75, 3.05) is 29.2 Å². The van der Waals surface area contributed by atoms with E-state index in [1.54, 1.807) is 0 Å². The zero-order valence-corrected chi connectivity index (χ0v) is 17.7. The summed E-state index contributed by atoms with van der Waals surface area (Å²) in [6, 6.07) is 8.92. The largest absolute Gasteiger partial charge is 0.453 e. The minimum atomic E-state index is -5.04. The van der Waals surface area contributed by atoms with Crippen molar-refractivity contribution in [3.8, 4) is 6.07 Å². The molecule has 8 nitrogen and oxygen atoms in total. The number of hydrogen-bond donors (Lipinski definition) is 2. The van der Waals surface area contributed by atoms with Crippen molar-refractivity contribution in [1.29, 1.82) is 5.26 Å². The molecule has 1 saturated heterocycles. The van der Waals surface area contributed by atoms with Crippen molar-refractivity contribution in [2.45, 2.75) is 24.7 Å². The number of alkyl halides is 6. The van der Waals surface area contributed by atoms with Crippen molar-refractivity contribution in [3.63, 3.8) is 0 Å². The molecule has 3 rings (SSSR count). The van der Waals surface area contributed by atoms with Gasteiger partial charge in [0, 0.05) is 17.1 Å². The SMILES string of the molecule is COC(=O)Nc1ccc(NC(=O)C2CN(c3ccc(C#N)c(C(F)(F)F)c3)C(C(F)(F)F)O2)cc1. The monoisotopic (exact) mass is 502 g/mol. The van der Waals surface area contributed by atoms with Crippen molar-refractivity contribution in [2.24, 2.45) is 0 Å². The summed E-state index contributed by atoms with van der Waals surface area (Å²) in [5, 5.41) is 13.6. The van der Waals surface area contributed by atoms with E-state index in [-0.39, 0.29) is 5.69 Å². The zero-order valence-electron chi connectivity index (χ0n) is 17.7. The van der Waals surface area contributed by atoms with Gasteiger partial charge in [0.05, 0.1) is 30.9 Å². The quantitative estimate of drug-likeness (QED) is 0.598. The van der Waals surface area contributed by atoms with Gasteiger partial charge >= 0.3 is 18.4 Å². The van der Waals surface area contributed by atoms with Crippen LogP contribution in [0.4, 0.5) is 48.2 Å². The molecular formula is C21H16F6N4O4. The first-order chi connectivity index (χ1) is 16.3. The lowest BCUT2D eigenvalue weighted by atomic mass is 10.1. The van der Waals surface area contributed by atoms with Gasteiger partial charge in [-0.15, -0.1) is 0 Å². The molecule has 186 valence electrons. The molecular weight excluding hydrogens is 486 g/mol. The number of methoxy groups -OCH3 is 1. The van der Waals surface area contributed by atoms with E-state index < -0.39 is 60.0 Å². The molecule has 0 saturated carbocycles. The molecule has 1 aliphatic rings. The Kier molecular flexibility index (Phi) is 7.11. The lowest BCUT2D eigenvalue weighted by molar-refractivity contribution is -0.212. The summed E-state index contributed by atoms with van der Waals surface area (Å²) in [5.41, 5.74) is -2.21. The molecule has 0 aliphatic carbocycles. The second-order valence-corrected chi connectivity index (χ2v) is 7.19. The smallest absolute Gasteiger partial charge is 0.433 e. The molecule has 2 aromatic carbocycles. The molecule has 35 heavy (non-hydrogen) atoms. The molecule has 14 heteroatoms. The first-order valence-corrected chi connectivity index (χ1v) is 9.69. The number of halogens is 6. The predicted molar refractivity (Wildman–Crippen MR) is 109 cm³/mol. The van der Waals surface area contributed by atoms with Gasteiger partial charge < -0.3 is 19.7 Å². The molecule has 2 unspecified atom stereocenters. The van der Waals surface area contributed by atoms with Gasteiger partial charge in [-0.1, -0.05) is 0 Å². The number of ether oxygens (including phenoxy) is 2. The fourth-order valence-electron chi connectivity index (χ4n) is 3.26. The first kappa shape index (κ1) is 25.6. The summed E-state index contributed by atoms with van der Waals surface area (Å²) in [6.45, 7) is -0.707. The number of benzene rings is 2. The summed E-state index contributed by atoms with van der Waals surface area (Å²) in [5.74, 6) is -0.972. The fourth-order valence-corrected chi connectivity index (χ4v) is 3.26. The van der Waals surface area contributed by atoms with Crippen LogP contribution in [-0.2, 0) is 20.4 Å². The van der Waals surface area contributed by atoms with Crippen molar-refractivity contribution in [1.82, 2.24) is 0 Å². The maximum Gasteiger partial charge on any atom is 0.433 e. The summed E-state index contributed by atoms with van der Waals surface area (Å²) in [4.78, 5) is 24.2. The van der Waals surface area contributed by atoms with Crippen LogP contribution in [0, 0.1) is 11.3 Å². The van der Waals surface area contributed by atoms with Gasteiger partial charge in [-0.05, 0) is 42.5 Å². The van der Waals surface area contributed by atoms with Crippen LogP contribution >= 0.6 is 0 Å². The first-order valence-electron chi connectivity index (χ1n) is 9.69. The molecule has 0 spiro atoms. The van der Waals surface area contributed by atoms with Crippen LogP contribution in [0.5, 0.6) is 0 Å². The molecule has 2 aromatic rings. The standard InChI is InChI=1S/C21H16F6N4O4/c1-34-19(33)30-13-5-3-12(4-6-13)29-17(32)16-10-31(18(35-16)21(25,26)27)14-7-2-11(9-28)15(8-14)20(22,23)24/h2-8,16,18H,10H2,1H3,(H,29,32)(H,30,33). The normalized spacial score (nSPS) is 18.1. The number of nitrogens with zero attached hydrogens (tertiary/aromatic N) is 2. The van der Waals surface area contributed by atoms with Crippen LogP contribution in [-0.4, -0.2) is 44.2 Å². The third-order valence-electron chi connectivity index (χ3n) is 4.86. The van der Waals surface area contributed by atoms with Crippen LogP contribution in [0.3, 0.4) is 0 Å². The average Bonchev–Trinajstić information content (AvgIpc) is 3.25. The average molecular weight is 502 g/mol. The minimum Gasteiger partial charge on any atom is -0.453 e. The number of nitriles is 1. The van der Waals surface area contributed by atoms with Crippen LogP contribution in [0.1, 0.15) is 11.1 Å². The Labute approximate surface area is 194 Å². The molecule has 1 heterocycles. The topological polar surface area (TPSA) is 104 Å². The van der Waals surface area contributed by atoms with Crippen molar-refractivity contribution < 1.29 is 45.4 Å². The molecule has 2 atom stereocenters. The predicted octanol–water partition coefficient (Wildman–Crippen LogP) is 4.49. The van der Waals surface area contributed by atoms with Gasteiger partial charge in [-0.2, -0.15) is 31.6 Å². The van der Waals surface area contributed by atoms with Gasteiger partial charge in [0.15, 0.2) is 6.10 Å². The van der Waals surface area contributed by atoms with E-state index in [9.17, 15) is 35.9 Å². The number of carbonyl (C=O) groups is 2. The molecule has 2 amide bonds. The lowest BCUT2D eigenvalue weighted by Crippen LogP contribution is -2.42. The molecule has 1 aliphatic heterocycles. The second kappa shape index (κ2) is 9.71. The van der Waals surface area contributed by atoms with E-state index >= 15 is 0 Å². The Hall–Kier alpha value is -3.99. The molecule has 2 N–H and O–H groups in total. The van der Waals surface area contributed by atoms with Gasteiger partial charge in [-0.25, -0.2) is 4.79 Å². The Morgan fingerprint density at radius 3 is 2.17 bits per heavy atom. The van der Waals surface area contributed by atoms with Crippen LogP contribution < -0.4 is 15.5 Å². The van der Waals surface area contributed by atoms with Gasteiger partial charge in [0.25, 0.3) is 5.91 Å². The van der Waals surface area contributed by atoms with E-state index in [1.807, 2.05) is 0 Å². The third-order valence-corrected chi connectivity index (χ3v) is 4.86. The minimum absolute atomic E-state index is 0.161.